The van der Waals surface area contributed by atoms with Crippen LogP contribution < -0.4 is 10.6 Å². The molecule has 0 unspecified atom stereocenters. The number of nitrogens with two attached hydrogens (primary N) is 1. The number of rotatable bonds is 9. The monoisotopic (exact) mass is 572 g/mol. The normalized spacial score (nSPS) is 15.6. The molecule has 0 aromatic heterocycles. The fourth-order valence-corrected chi connectivity index (χ4v) is 6.97. The second-order valence-corrected chi connectivity index (χ2v) is 12.0. The van der Waals surface area contributed by atoms with Gasteiger partial charge in [0.2, 0.25) is 0 Å². The van der Waals surface area contributed by atoms with Crippen LogP contribution in [0, 0.1) is 0 Å². The molecule has 206 valence electrons. The summed E-state index contributed by atoms with van der Waals surface area (Å²) in [5.41, 5.74) is 13.6. The first-order valence-corrected chi connectivity index (χ1v) is 15.7. The lowest BCUT2D eigenvalue weighted by Gasteiger charge is -2.28. The highest BCUT2D eigenvalue weighted by Gasteiger charge is 2.17. The molecule has 0 spiro atoms. The molecule has 1 aliphatic carbocycles. The molecule has 5 rings (SSSR count). The lowest BCUT2D eigenvalue weighted by atomic mass is 10.0. The van der Waals surface area contributed by atoms with E-state index in [-0.39, 0.29) is 0 Å². The molecule has 0 bridgehead atoms. The van der Waals surface area contributed by atoms with E-state index in [4.69, 9.17) is 5.73 Å². The van der Waals surface area contributed by atoms with Gasteiger partial charge in [-0.1, -0.05) is 115 Å². The largest absolute Gasteiger partial charge is 0.392 e. The van der Waals surface area contributed by atoms with Crippen LogP contribution in [-0.2, 0) is 6.42 Å². The minimum atomic E-state index is 0.855. The Morgan fingerprint density at radius 2 is 1.61 bits per heavy atom. The SMILES string of the molecule is C=C/C=C(\C=C/C)c1ccc(N(C2=CCCC=CC2)c2ccc(C/C=C\C3=C(N)Sc4ccccc4S3)cc2)cc1. The lowest BCUT2D eigenvalue weighted by molar-refractivity contribution is 1.02. The van der Waals surface area contributed by atoms with Gasteiger partial charge in [0.15, 0.2) is 0 Å². The molecule has 0 amide bonds. The first-order chi connectivity index (χ1) is 20.2. The Balaban J connectivity index is 1.35. The van der Waals surface area contributed by atoms with Crippen molar-refractivity contribution in [2.45, 2.75) is 42.4 Å². The second kappa shape index (κ2) is 14.2. The third kappa shape index (κ3) is 7.27. The number of anilines is 2. The number of thioether (sulfide) groups is 2. The Labute approximate surface area is 253 Å². The summed E-state index contributed by atoms with van der Waals surface area (Å²) in [7, 11) is 0. The van der Waals surface area contributed by atoms with Crippen molar-refractivity contribution in [1.29, 1.82) is 0 Å². The highest BCUT2D eigenvalue weighted by atomic mass is 32.2. The highest BCUT2D eigenvalue weighted by molar-refractivity contribution is 8.09. The average Bonchev–Trinajstić information content (AvgIpc) is 3.28. The van der Waals surface area contributed by atoms with Crippen molar-refractivity contribution in [3.8, 4) is 0 Å². The number of hydrogen-bond acceptors (Lipinski definition) is 4. The minimum absolute atomic E-state index is 0.855. The Morgan fingerprint density at radius 3 is 2.32 bits per heavy atom. The second-order valence-electron chi connectivity index (χ2n) is 9.84. The molecule has 2 N–H and O–H groups in total. The van der Waals surface area contributed by atoms with Crippen LogP contribution in [-0.4, -0.2) is 0 Å². The zero-order valence-electron chi connectivity index (χ0n) is 23.5. The summed E-state index contributed by atoms with van der Waals surface area (Å²) in [6.07, 6.45) is 23.3. The van der Waals surface area contributed by atoms with Gasteiger partial charge in [-0.05, 0) is 85.4 Å². The molecule has 3 aromatic rings. The molecule has 0 saturated carbocycles. The maximum Gasteiger partial charge on any atom is 0.0846 e. The Hall–Kier alpha value is -3.86. The van der Waals surface area contributed by atoms with Crippen LogP contribution in [0.5, 0.6) is 0 Å². The predicted molar refractivity (Wildman–Crippen MR) is 181 cm³/mol. The fourth-order valence-electron chi connectivity index (χ4n) is 4.93. The van der Waals surface area contributed by atoms with Gasteiger partial charge in [-0.25, -0.2) is 0 Å². The molecule has 1 aliphatic heterocycles. The number of benzene rings is 3. The summed E-state index contributed by atoms with van der Waals surface area (Å²) in [6.45, 7) is 5.92. The van der Waals surface area contributed by atoms with Crippen LogP contribution >= 0.6 is 23.5 Å². The summed E-state index contributed by atoms with van der Waals surface area (Å²) >= 11 is 3.40. The smallest absolute Gasteiger partial charge is 0.0846 e. The zero-order chi connectivity index (χ0) is 28.4. The molecule has 2 nitrogen and oxygen atoms in total. The number of hydrogen-bond donors (Lipinski definition) is 1. The van der Waals surface area contributed by atoms with Gasteiger partial charge in [0.05, 0.1) is 5.03 Å². The Bertz CT molecular complexity index is 1550. The van der Waals surface area contributed by atoms with E-state index in [0.29, 0.717) is 0 Å². The maximum absolute atomic E-state index is 6.36. The highest BCUT2D eigenvalue weighted by Crippen LogP contribution is 2.45. The predicted octanol–water partition coefficient (Wildman–Crippen LogP) is 10.7. The summed E-state index contributed by atoms with van der Waals surface area (Å²) in [6, 6.07) is 26.2. The van der Waals surface area contributed by atoms with E-state index in [0.717, 1.165) is 46.9 Å². The Morgan fingerprint density at radius 1 is 0.902 bits per heavy atom. The third-order valence-corrected chi connectivity index (χ3v) is 9.37. The molecule has 0 fully saturated rings. The minimum Gasteiger partial charge on any atom is -0.392 e. The number of fused-ring (bicyclic) bond motifs is 1. The van der Waals surface area contributed by atoms with Crippen molar-refractivity contribution in [1.82, 2.24) is 0 Å². The van der Waals surface area contributed by atoms with Crippen LogP contribution in [0.2, 0.25) is 0 Å². The first kappa shape index (κ1) is 28.7. The van der Waals surface area contributed by atoms with Gasteiger partial charge < -0.3 is 10.6 Å². The number of allylic oxidation sites excluding steroid dienone is 10. The Kier molecular flexibility index (Phi) is 9.90. The molecular formula is C37H36N2S2. The van der Waals surface area contributed by atoms with Gasteiger partial charge in [0.1, 0.15) is 0 Å². The van der Waals surface area contributed by atoms with Crippen molar-refractivity contribution in [2.24, 2.45) is 5.73 Å². The van der Waals surface area contributed by atoms with E-state index >= 15 is 0 Å². The maximum atomic E-state index is 6.36. The van der Waals surface area contributed by atoms with E-state index in [1.807, 2.05) is 19.1 Å². The molecule has 4 heteroatoms. The summed E-state index contributed by atoms with van der Waals surface area (Å²) in [5, 5.41) is 0.866. The van der Waals surface area contributed by atoms with Gasteiger partial charge in [0.25, 0.3) is 0 Å². The topological polar surface area (TPSA) is 29.3 Å². The van der Waals surface area contributed by atoms with Crippen LogP contribution in [0.3, 0.4) is 0 Å². The van der Waals surface area contributed by atoms with Crippen molar-refractivity contribution in [2.75, 3.05) is 4.90 Å². The first-order valence-electron chi connectivity index (χ1n) is 14.1. The van der Waals surface area contributed by atoms with Crippen molar-refractivity contribution in [3.63, 3.8) is 0 Å². The quantitative estimate of drug-likeness (QED) is 0.204. The van der Waals surface area contributed by atoms with Crippen LogP contribution in [0.4, 0.5) is 11.4 Å². The van der Waals surface area contributed by atoms with Crippen LogP contribution in [0.25, 0.3) is 5.57 Å². The van der Waals surface area contributed by atoms with Crippen molar-refractivity contribution < 1.29 is 0 Å². The van der Waals surface area contributed by atoms with Crippen LogP contribution in [0.1, 0.15) is 37.3 Å². The average molecular weight is 573 g/mol. The van der Waals surface area contributed by atoms with Gasteiger partial charge in [-0.2, -0.15) is 0 Å². The van der Waals surface area contributed by atoms with E-state index in [9.17, 15) is 0 Å². The molecule has 2 aliphatic rings. The summed E-state index contributed by atoms with van der Waals surface area (Å²) < 4.78 is 0. The molecular weight excluding hydrogens is 537 g/mol. The van der Waals surface area contributed by atoms with E-state index < -0.39 is 0 Å². The molecule has 0 saturated heterocycles. The zero-order valence-corrected chi connectivity index (χ0v) is 25.1. The molecule has 3 aromatic carbocycles. The number of nitrogens with zero attached hydrogens (tertiary/aromatic N) is 1. The standard InChI is InChI=1S/C37H36N2S2/c1-3-12-29(13-4-2)30-22-26-33(27-23-30)39(31-15-7-5-6-8-16-31)32-24-20-28(21-25-32)14-11-19-36-37(38)41-35-18-10-9-17-34(35)40-36/h3-5,7,9-13,16-27H,1,6,8,14-15,38H2,2H3/b13-4-,19-11-,29-12+. The van der Waals surface area contributed by atoms with Gasteiger partial charge in [-0.3, -0.25) is 0 Å². The third-order valence-electron chi connectivity index (χ3n) is 6.95. The van der Waals surface area contributed by atoms with Crippen LogP contribution in [0.15, 0.2) is 159 Å². The van der Waals surface area contributed by atoms with Gasteiger partial charge >= 0.3 is 0 Å². The fraction of sp³-hybridized carbons (Fsp3) is 0.135. The summed E-state index contributed by atoms with van der Waals surface area (Å²) in [4.78, 5) is 6.01. The molecule has 41 heavy (non-hydrogen) atoms. The van der Waals surface area contributed by atoms with E-state index in [2.05, 4.69) is 127 Å². The van der Waals surface area contributed by atoms with E-state index in [1.54, 1.807) is 23.5 Å². The molecule has 0 radical (unpaired) electrons. The molecule has 0 atom stereocenters. The van der Waals surface area contributed by atoms with Crippen molar-refractivity contribution >= 4 is 40.5 Å². The van der Waals surface area contributed by atoms with Crippen molar-refractivity contribution in [3.05, 3.63) is 161 Å². The lowest BCUT2D eigenvalue weighted by Crippen LogP contribution is -2.16. The molecule has 1 heterocycles. The van der Waals surface area contributed by atoms with Gasteiger partial charge in [-0.15, -0.1) is 0 Å². The van der Waals surface area contributed by atoms with Gasteiger partial charge in [0, 0.05) is 38.2 Å². The summed E-state index contributed by atoms with van der Waals surface area (Å²) in [5.74, 6) is 0. The van der Waals surface area contributed by atoms with E-state index in [1.165, 1.54) is 32.3 Å².